The molecule has 7 heteroatoms. The molecule has 2 aromatic rings. The molecule has 0 aliphatic rings. The summed E-state index contributed by atoms with van der Waals surface area (Å²) in [6.07, 6.45) is 1.68. The number of hydrogen-bond donors (Lipinski definition) is 2. The maximum atomic E-state index is 8.85. The minimum atomic E-state index is -0.0545. The zero-order valence-electron chi connectivity index (χ0n) is 12.4. The molecular formula is C16H16Br2N2O3. The molecular weight excluding hydrogens is 428 g/mol. The Bertz CT molecular complexity index is 676. The summed E-state index contributed by atoms with van der Waals surface area (Å²) < 4.78 is 12.6. The van der Waals surface area contributed by atoms with Crippen molar-refractivity contribution < 1.29 is 14.6 Å². The highest BCUT2D eigenvalue weighted by Gasteiger charge is 2.09. The van der Waals surface area contributed by atoms with Crippen LogP contribution in [-0.4, -0.2) is 31.6 Å². The number of benzene rings is 2. The topological polar surface area (TPSA) is 63.1 Å². The van der Waals surface area contributed by atoms with Gasteiger partial charge in [-0.2, -0.15) is 5.10 Å². The number of ether oxygens (including phenoxy) is 2. The number of anilines is 1. The van der Waals surface area contributed by atoms with Gasteiger partial charge in [-0.3, -0.25) is 5.43 Å². The lowest BCUT2D eigenvalue weighted by molar-refractivity contribution is 0.196. The van der Waals surface area contributed by atoms with Gasteiger partial charge >= 0.3 is 0 Å². The van der Waals surface area contributed by atoms with Gasteiger partial charge in [0.1, 0.15) is 6.61 Å². The van der Waals surface area contributed by atoms with E-state index in [9.17, 15) is 0 Å². The molecule has 2 aromatic carbocycles. The van der Waals surface area contributed by atoms with E-state index in [1.165, 1.54) is 0 Å². The number of aliphatic hydroxyl groups excluding tert-OH is 1. The Balaban J connectivity index is 2.12. The van der Waals surface area contributed by atoms with Crippen molar-refractivity contribution in [1.29, 1.82) is 0 Å². The van der Waals surface area contributed by atoms with Gasteiger partial charge in [0.25, 0.3) is 0 Å². The third kappa shape index (κ3) is 5.23. The van der Waals surface area contributed by atoms with Crippen LogP contribution in [0.1, 0.15) is 5.56 Å². The van der Waals surface area contributed by atoms with Crippen LogP contribution in [0.15, 0.2) is 50.4 Å². The molecule has 0 bridgehead atoms. The normalized spacial score (nSPS) is 10.8. The van der Waals surface area contributed by atoms with E-state index in [0.717, 1.165) is 20.2 Å². The zero-order valence-corrected chi connectivity index (χ0v) is 15.6. The molecule has 5 nitrogen and oxygen atoms in total. The third-order valence-electron chi connectivity index (χ3n) is 2.87. The molecule has 0 atom stereocenters. The van der Waals surface area contributed by atoms with Crippen molar-refractivity contribution >= 4 is 43.8 Å². The molecule has 0 heterocycles. The molecule has 122 valence electrons. The fourth-order valence-electron chi connectivity index (χ4n) is 1.78. The quantitative estimate of drug-likeness (QED) is 0.500. The molecule has 0 spiro atoms. The monoisotopic (exact) mass is 442 g/mol. The summed E-state index contributed by atoms with van der Waals surface area (Å²) in [6.45, 7) is 0.155. The van der Waals surface area contributed by atoms with E-state index < -0.39 is 0 Å². The number of aliphatic hydroxyl groups is 1. The molecule has 0 aliphatic carbocycles. The Morgan fingerprint density at radius 3 is 2.57 bits per heavy atom. The summed E-state index contributed by atoms with van der Waals surface area (Å²) in [7, 11) is 1.57. The number of halogens is 2. The summed E-state index contributed by atoms with van der Waals surface area (Å²) in [6, 6.07) is 11.3. The molecule has 0 aromatic heterocycles. The van der Waals surface area contributed by atoms with Gasteiger partial charge in [0.15, 0.2) is 11.5 Å². The van der Waals surface area contributed by atoms with E-state index in [0.29, 0.717) is 11.5 Å². The van der Waals surface area contributed by atoms with Crippen molar-refractivity contribution in [2.75, 3.05) is 25.7 Å². The van der Waals surface area contributed by atoms with Crippen molar-refractivity contribution in [3.63, 3.8) is 0 Å². The summed E-state index contributed by atoms with van der Waals surface area (Å²) in [5.74, 6) is 1.14. The van der Waals surface area contributed by atoms with Crippen LogP contribution in [0.2, 0.25) is 0 Å². The van der Waals surface area contributed by atoms with Crippen LogP contribution in [0.25, 0.3) is 0 Å². The van der Waals surface area contributed by atoms with Crippen molar-refractivity contribution in [3.05, 3.63) is 50.9 Å². The van der Waals surface area contributed by atoms with Crippen LogP contribution >= 0.6 is 31.9 Å². The standard InChI is InChI=1S/C16H16Br2N2O3/c1-22-15-8-11(14(18)9-16(15)23-7-6-21)10-19-20-13-4-2-12(17)3-5-13/h2-5,8-10,20-21H,6-7H2,1H3. The van der Waals surface area contributed by atoms with E-state index in [2.05, 4.69) is 42.4 Å². The van der Waals surface area contributed by atoms with Crippen molar-refractivity contribution in [3.8, 4) is 11.5 Å². The Kier molecular flexibility index (Phi) is 6.88. The number of nitrogens with zero attached hydrogens (tertiary/aromatic N) is 1. The number of nitrogens with one attached hydrogen (secondary N) is 1. The van der Waals surface area contributed by atoms with Crippen molar-refractivity contribution in [1.82, 2.24) is 0 Å². The number of hydrogen-bond acceptors (Lipinski definition) is 5. The van der Waals surface area contributed by atoms with Gasteiger partial charge in [-0.25, -0.2) is 0 Å². The largest absolute Gasteiger partial charge is 0.493 e. The number of hydrazone groups is 1. The fraction of sp³-hybridized carbons (Fsp3) is 0.188. The van der Waals surface area contributed by atoms with Gasteiger partial charge in [-0.05, 0) is 52.3 Å². The van der Waals surface area contributed by atoms with E-state index in [-0.39, 0.29) is 13.2 Å². The van der Waals surface area contributed by atoms with Gasteiger partial charge in [-0.1, -0.05) is 15.9 Å². The summed E-state index contributed by atoms with van der Waals surface area (Å²) in [4.78, 5) is 0. The van der Waals surface area contributed by atoms with Crippen LogP contribution in [0, 0.1) is 0 Å². The molecule has 0 saturated carbocycles. The fourth-order valence-corrected chi connectivity index (χ4v) is 2.47. The van der Waals surface area contributed by atoms with Gasteiger partial charge in [0.2, 0.25) is 0 Å². The van der Waals surface area contributed by atoms with E-state index in [1.54, 1.807) is 19.4 Å². The smallest absolute Gasteiger partial charge is 0.162 e. The highest BCUT2D eigenvalue weighted by molar-refractivity contribution is 9.10. The average molecular weight is 444 g/mol. The lowest BCUT2D eigenvalue weighted by atomic mass is 10.2. The van der Waals surface area contributed by atoms with E-state index >= 15 is 0 Å². The Labute approximate surface area is 151 Å². The van der Waals surface area contributed by atoms with Crippen LogP contribution in [0.4, 0.5) is 5.69 Å². The zero-order chi connectivity index (χ0) is 16.7. The minimum absolute atomic E-state index is 0.0545. The highest BCUT2D eigenvalue weighted by Crippen LogP contribution is 2.32. The molecule has 0 unspecified atom stereocenters. The van der Waals surface area contributed by atoms with E-state index in [4.69, 9.17) is 14.6 Å². The molecule has 0 saturated heterocycles. The lowest BCUT2D eigenvalue weighted by Crippen LogP contribution is -2.03. The first-order valence-corrected chi connectivity index (χ1v) is 8.38. The first-order valence-electron chi connectivity index (χ1n) is 6.80. The first-order chi connectivity index (χ1) is 11.1. The van der Waals surface area contributed by atoms with Gasteiger partial charge in [0, 0.05) is 14.5 Å². The third-order valence-corrected chi connectivity index (χ3v) is 4.09. The lowest BCUT2D eigenvalue weighted by Gasteiger charge is -2.11. The number of methoxy groups -OCH3 is 1. The highest BCUT2D eigenvalue weighted by atomic mass is 79.9. The SMILES string of the molecule is COc1cc(C=NNc2ccc(Br)cc2)c(Br)cc1OCCO. The van der Waals surface area contributed by atoms with Crippen molar-refractivity contribution in [2.45, 2.75) is 0 Å². The Hall–Kier alpha value is -1.57. The first kappa shape index (κ1) is 17.8. The van der Waals surface area contributed by atoms with Gasteiger partial charge in [0.05, 0.1) is 25.6 Å². The molecule has 2 N–H and O–H groups in total. The molecule has 2 rings (SSSR count). The maximum absolute atomic E-state index is 8.85. The van der Waals surface area contributed by atoms with E-state index in [1.807, 2.05) is 30.3 Å². The van der Waals surface area contributed by atoms with Crippen LogP contribution in [0.5, 0.6) is 11.5 Å². The number of rotatable bonds is 7. The predicted molar refractivity (Wildman–Crippen MR) is 98.6 cm³/mol. The second-order valence-electron chi connectivity index (χ2n) is 4.47. The van der Waals surface area contributed by atoms with Crippen molar-refractivity contribution in [2.24, 2.45) is 5.10 Å². The molecule has 0 radical (unpaired) electrons. The maximum Gasteiger partial charge on any atom is 0.162 e. The van der Waals surface area contributed by atoms with Gasteiger partial charge < -0.3 is 14.6 Å². The summed E-state index contributed by atoms with van der Waals surface area (Å²) in [5, 5.41) is 13.1. The Morgan fingerprint density at radius 1 is 1.17 bits per heavy atom. The van der Waals surface area contributed by atoms with Crippen LogP contribution < -0.4 is 14.9 Å². The van der Waals surface area contributed by atoms with Crippen LogP contribution in [-0.2, 0) is 0 Å². The second-order valence-corrected chi connectivity index (χ2v) is 6.24. The second kappa shape index (κ2) is 8.90. The molecule has 0 amide bonds. The van der Waals surface area contributed by atoms with Crippen LogP contribution in [0.3, 0.4) is 0 Å². The van der Waals surface area contributed by atoms with Gasteiger partial charge in [-0.15, -0.1) is 0 Å². The minimum Gasteiger partial charge on any atom is -0.493 e. The summed E-state index contributed by atoms with van der Waals surface area (Å²) >= 11 is 6.86. The summed E-state index contributed by atoms with van der Waals surface area (Å²) in [5.41, 5.74) is 4.68. The average Bonchev–Trinajstić information content (AvgIpc) is 2.56. The molecule has 0 aliphatic heterocycles. The molecule has 23 heavy (non-hydrogen) atoms. The Morgan fingerprint density at radius 2 is 1.91 bits per heavy atom. The molecule has 0 fully saturated rings. The predicted octanol–water partition coefficient (Wildman–Crippen LogP) is 4.04.